The van der Waals surface area contributed by atoms with E-state index in [1.807, 2.05) is 0 Å². The minimum Gasteiger partial charge on any atom is -0.480 e. The van der Waals surface area contributed by atoms with Gasteiger partial charge in [0, 0.05) is 34.2 Å². The maximum atomic E-state index is 10.4. The molecule has 120 valence electrons. The summed E-state index contributed by atoms with van der Waals surface area (Å²) in [4.78, 5) is 20.7. The van der Waals surface area contributed by atoms with Gasteiger partial charge in [-0.3, -0.25) is 9.59 Å². The van der Waals surface area contributed by atoms with Gasteiger partial charge in [-0.2, -0.15) is 0 Å². The van der Waals surface area contributed by atoms with E-state index in [0.717, 1.165) is 0 Å². The number of carbonyl (C=O) groups is 2. The standard InChI is InChI=1S/C6H8O4.C5H12N2O2.Pt/c7-4(8)6(5(9)10)2-1-3-6;6-1-4-5(2-7)9-3-8-4;/h1-3H2,(H,7,8)(H,9,10);4-5H,1-3,6-7H2;/t;4-,5-;/m.0./s1. The summed E-state index contributed by atoms with van der Waals surface area (Å²) in [7, 11) is 0. The summed E-state index contributed by atoms with van der Waals surface area (Å²) in [5.41, 5.74) is 9.23. The van der Waals surface area contributed by atoms with Crippen molar-refractivity contribution in [1.82, 2.24) is 0 Å². The van der Waals surface area contributed by atoms with Crippen LogP contribution in [0, 0.1) is 5.41 Å². The van der Waals surface area contributed by atoms with Gasteiger partial charge in [-0.25, -0.2) is 0 Å². The Kier molecular flexibility index (Phi) is 8.46. The monoisotopic (exact) mass is 471 g/mol. The third-order valence-electron chi connectivity index (χ3n) is 3.47. The first kappa shape index (κ1) is 19.5. The van der Waals surface area contributed by atoms with Crippen LogP contribution in [-0.4, -0.2) is 54.2 Å². The van der Waals surface area contributed by atoms with Crippen molar-refractivity contribution in [2.45, 2.75) is 31.5 Å². The number of hydrogen-bond acceptors (Lipinski definition) is 6. The van der Waals surface area contributed by atoms with Gasteiger partial charge in [-0.05, 0) is 19.3 Å². The summed E-state index contributed by atoms with van der Waals surface area (Å²) in [6.07, 6.45) is 1.28. The van der Waals surface area contributed by atoms with E-state index in [1.54, 1.807) is 0 Å². The molecule has 2 aliphatic rings. The molecule has 1 aliphatic heterocycles. The largest absolute Gasteiger partial charge is 0.480 e. The first-order valence-electron chi connectivity index (χ1n) is 6.08. The summed E-state index contributed by atoms with van der Waals surface area (Å²) in [6, 6.07) is 0. The molecule has 9 heteroatoms. The maximum absolute atomic E-state index is 10.4. The maximum Gasteiger partial charge on any atom is 0.321 e. The molecular weight excluding hydrogens is 451 g/mol. The Morgan fingerprint density at radius 3 is 1.60 bits per heavy atom. The molecule has 1 saturated carbocycles. The Morgan fingerprint density at radius 1 is 1.05 bits per heavy atom. The fourth-order valence-corrected chi connectivity index (χ4v) is 1.92. The van der Waals surface area contributed by atoms with Crippen LogP contribution in [0.5, 0.6) is 0 Å². The number of carboxylic acid groups (broad SMARTS) is 2. The van der Waals surface area contributed by atoms with Crippen LogP contribution in [0.2, 0.25) is 0 Å². The van der Waals surface area contributed by atoms with Gasteiger partial charge in [0.25, 0.3) is 0 Å². The van der Waals surface area contributed by atoms with Gasteiger partial charge in [-0.15, -0.1) is 0 Å². The van der Waals surface area contributed by atoms with Crippen molar-refractivity contribution in [2.24, 2.45) is 16.9 Å². The fourth-order valence-electron chi connectivity index (χ4n) is 1.92. The van der Waals surface area contributed by atoms with Crippen molar-refractivity contribution in [1.29, 1.82) is 0 Å². The molecular formula is C11H20N2O6Pt. The van der Waals surface area contributed by atoms with Gasteiger partial charge < -0.3 is 31.2 Å². The number of nitrogens with two attached hydrogens (primary N) is 2. The molecule has 6 N–H and O–H groups in total. The average Bonchev–Trinajstić information content (AvgIpc) is 2.74. The normalized spacial score (nSPS) is 26.5. The summed E-state index contributed by atoms with van der Waals surface area (Å²) in [5, 5.41) is 16.9. The first-order chi connectivity index (χ1) is 8.97. The van der Waals surface area contributed by atoms with Gasteiger partial charge in [0.15, 0.2) is 5.41 Å². The third-order valence-corrected chi connectivity index (χ3v) is 3.47. The molecule has 2 rings (SSSR count). The molecule has 2 fully saturated rings. The van der Waals surface area contributed by atoms with Gasteiger partial charge in [0.2, 0.25) is 0 Å². The Balaban J connectivity index is 0.000000345. The topological polar surface area (TPSA) is 145 Å². The van der Waals surface area contributed by atoms with Crippen molar-refractivity contribution in [3.05, 3.63) is 0 Å². The molecule has 0 amide bonds. The molecule has 1 aliphatic carbocycles. The zero-order valence-electron chi connectivity index (χ0n) is 10.9. The molecule has 1 saturated heterocycles. The number of aliphatic carboxylic acids is 2. The first-order valence-corrected chi connectivity index (χ1v) is 6.08. The number of hydrogen-bond donors (Lipinski definition) is 4. The van der Waals surface area contributed by atoms with Crippen LogP contribution in [0.25, 0.3) is 0 Å². The molecule has 8 nitrogen and oxygen atoms in total. The Hall–Kier alpha value is -0.532. The Bertz CT molecular complexity index is 311. The van der Waals surface area contributed by atoms with E-state index in [2.05, 4.69) is 0 Å². The average molecular weight is 471 g/mol. The molecule has 2 atom stereocenters. The van der Waals surface area contributed by atoms with Crippen molar-refractivity contribution >= 4 is 11.9 Å². The molecule has 1 heterocycles. The Morgan fingerprint density at radius 2 is 1.45 bits per heavy atom. The summed E-state index contributed by atoms with van der Waals surface area (Å²) in [6.45, 7) is 1.31. The van der Waals surface area contributed by atoms with E-state index in [4.69, 9.17) is 31.2 Å². The van der Waals surface area contributed by atoms with Crippen LogP contribution >= 0.6 is 0 Å². The number of rotatable bonds is 4. The zero-order chi connectivity index (χ0) is 14.5. The minimum absolute atomic E-state index is 0. The van der Waals surface area contributed by atoms with Gasteiger partial charge >= 0.3 is 11.9 Å². The zero-order valence-corrected chi connectivity index (χ0v) is 13.2. The quantitative estimate of drug-likeness (QED) is 0.381. The summed E-state index contributed by atoms with van der Waals surface area (Å²) >= 11 is 0. The van der Waals surface area contributed by atoms with Crippen molar-refractivity contribution in [3.8, 4) is 0 Å². The van der Waals surface area contributed by atoms with Crippen molar-refractivity contribution < 1.29 is 50.3 Å². The third kappa shape index (κ3) is 4.23. The molecule has 0 aromatic carbocycles. The number of carboxylic acids is 2. The van der Waals surface area contributed by atoms with E-state index in [-0.39, 0.29) is 46.1 Å². The van der Waals surface area contributed by atoms with Crippen LogP contribution in [0.15, 0.2) is 0 Å². The molecule has 0 aromatic heterocycles. The fraction of sp³-hybridized carbons (Fsp3) is 0.818. The van der Waals surface area contributed by atoms with Gasteiger partial charge in [0.05, 0.1) is 0 Å². The summed E-state index contributed by atoms with van der Waals surface area (Å²) in [5.74, 6) is -2.41. The Labute approximate surface area is 131 Å². The van der Waals surface area contributed by atoms with Crippen molar-refractivity contribution in [2.75, 3.05) is 19.9 Å². The van der Waals surface area contributed by atoms with Gasteiger partial charge in [-0.1, -0.05) is 0 Å². The van der Waals surface area contributed by atoms with Crippen LogP contribution in [0.3, 0.4) is 0 Å². The predicted octanol–water partition coefficient (Wildman–Crippen LogP) is -1.03. The predicted molar refractivity (Wildman–Crippen MR) is 64.3 cm³/mol. The second kappa shape index (κ2) is 8.69. The van der Waals surface area contributed by atoms with Crippen LogP contribution in [-0.2, 0) is 40.1 Å². The molecule has 0 unspecified atom stereocenters. The summed E-state index contributed by atoms with van der Waals surface area (Å²) < 4.78 is 10.2. The van der Waals surface area contributed by atoms with Crippen molar-refractivity contribution in [3.63, 3.8) is 0 Å². The number of ether oxygens (including phenoxy) is 2. The van der Waals surface area contributed by atoms with Gasteiger partial charge in [0.1, 0.15) is 19.0 Å². The molecule has 0 bridgehead atoms. The van der Waals surface area contributed by atoms with E-state index >= 15 is 0 Å². The molecule has 0 radical (unpaired) electrons. The second-order valence-electron chi connectivity index (χ2n) is 4.55. The second-order valence-corrected chi connectivity index (χ2v) is 4.55. The SMILES string of the molecule is NC[C@@H]1OCO[C@H]1CN.O=C(O)C1(C(=O)O)CCC1.[Pt]. The van der Waals surface area contributed by atoms with E-state index in [9.17, 15) is 9.59 Å². The van der Waals surface area contributed by atoms with E-state index in [1.165, 1.54) is 0 Å². The van der Waals surface area contributed by atoms with Crippen LogP contribution in [0.4, 0.5) is 0 Å². The van der Waals surface area contributed by atoms with E-state index in [0.29, 0.717) is 26.3 Å². The molecule has 0 aromatic rings. The van der Waals surface area contributed by atoms with Crippen LogP contribution in [0.1, 0.15) is 19.3 Å². The molecule has 20 heavy (non-hydrogen) atoms. The molecule has 0 spiro atoms. The minimum atomic E-state index is -1.44. The van der Waals surface area contributed by atoms with E-state index < -0.39 is 17.4 Å². The van der Waals surface area contributed by atoms with Crippen LogP contribution < -0.4 is 11.5 Å². The smallest absolute Gasteiger partial charge is 0.321 e.